The molecule has 104 valence electrons. The smallest absolute Gasteiger partial charge is 0.315 e. The minimum absolute atomic E-state index is 0.0940. The first kappa shape index (κ1) is 14.8. The molecule has 0 radical (unpaired) electrons. The molecule has 0 aromatic carbocycles. The highest BCUT2D eigenvalue weighted by Gasteiger charge is 2.28. The maximum atomic E-state index is 11.6. The minimum atomic E-state index is -0.828. The Morgan fingerprint density at radius 2 is 2.11 bits per heavy atom. The Bertz CT molecular complexity index is 303. The highest BCUT2D eigenvalue weighted by atomic mass is 16.4. The normalized spacial score (nSPS) is 22.2. The summed E-state index contributed by atoms with van der Waals surface area (Å²) in [5, 5.41) is 14.1. The van der Waals surface area contributed by atoms with Crippen LogP contribution in [0.25, 0.3) is 0 Å². The molecule has 1 aliphatic rings. The fraction of sp³-hybridized carbons (Fsp3) is 0.846. The summed E-state index contributed by atoms with van der Waals surface area (Å²) in [6.07, 6.45) is 4.97. The van der Waals surface area contributed by atoms with Crippen LogP contribution in [0.4, 0.5) is 4.79 Å². The van der Waals surface area contributed by atoms with Crippen molar-refractivity contribution in [1.82, 2.24) is 10.6 Å². The lowest BCUT2D eigenvalue weighted by atomic mass is 9.75. The molecule has 1 saturated carbocycles. The Balaban J connectivity index is 2.17. The van der Waals surface area contributed by atoms with Gasteiger partial charge in [-0.1, -0.05) is 20.3 Å². The van der Waals surface area contributed by atoms with Crippen LogP contribution in [0.15, 0.2) is 0 Å². The Morgan fingerprint density at radius 3 is 2.72 bits per heavy atom. The number of hydrogen-bond donors (Lipinski definition) is 3. The average Bonchev–Trinajstić information content (AvgIpc) is 2.22. The second-order valence-electron chi connectivity index (χ2n) is 5.86. The molecule has 0 saturated heterocycles. The Kier molecular flexibility index (Phi) is 5.44. The van der Waals surface area contributed by atoms with E-state index in [0.29, 0.717) is 18.4 Å². The van der Waals surface area contributed by atoms with Crippen LogP contribution in [0, 0.1) is 5.41 Å². The molecule has 18 heavy (non-hydrogen) atoms. The first-order valence-electron chi connectivity index (χ1n) is 6.65. The summed E-state index contributed by atoms with van der Waals surface area (Å²) < 4.78 is 0. The summed E-state index contributed by atoms with van der Waals surface area (Å²) in [6.45, 7) is 4.87. The second kappa shape index (κ2) is 6.61. The summed E-state index contributed by atoms with van der Waals surface area (Å²) in [5.41, 5.74) is 0.305. The number of amides is 2. The van der Waals surface area contributed by atoms with Crippen LogP contribution in [0.3, 0.4) is 0 Å². The van der Waals surface area contributed by atoms with E-state index in [2.05, 4.69) is 24.5 Å². The molecule has 1 atom stereocenters. The average molecular weight is 256 g/mol. The molecule has 1 unspecified atom stereocenters. The van der Waals surface area contributed by atoms with Crippen molar-refractivity contribution in [3.05, 3.63) is 0 Å². The van der Waals surface area contributed by atoms with Crippen molar-refractivity contribution in [3.8, 4) is 0 Å². The maximum Gasteiger partial charge on any atom is 0.315 e. The van der Waals surface area contributed by atoms with E-state index in [1.54, 1.807) is 0 Å². The first-order valence-corrected chi connectivity index (χ1v) is 6.65. The van der Waals surface area contributed by atoms with E-state index in [-0.39, 0.29) is 18.5 Å². The van der Waals surface area contributed by atoms with E-state index in [1.807, 2.05) is 0 Å². The molecule has 3 N–H and O–H groups in total. The summed E-state index contributed by atoms with van der Waals surface area (Å²) >= 11 is 0. The second-order valence-corrected chi connectivity index (χ2v) is 5.86. The van der Waals surface area contributed by atoms with Crippen LogP contribution in [-0.2, 0) is 4.79 Å². The van der Waals surface area contributed by atoms with Gasteiger partial charge in [0.1, 0.15) is 0 Å². The van der Waals surface area contributed by atoms with Crippen LogP contribution in [0.1, 0.15) is 52.4 Å². The van der Waals surface area contributed by atoms with Crippen molar-refractivity contribution < 1.29 is 14.7 Å². The lowest BCUT2D eigenvalue weighted by Gasteiger charge is -2.35. The third kappa shape index (κ3) is 5.89. The summed E-state index contributed by atoms with van der Waals surface area (Å²) in [5.74, 6) is -0.828. The Hall–Kier alpha value is -1.26. The number of rotatable bonds is 5. The number of hydrogen-bond acceptors (Lipinski definition) is 2. The first-order chi connectivity index (χ1) is 8.39. The van der Waals surface area contributed by atoms with Gasteiger partial charge in [0.2, 0.25) is 0 Å². The highest BCUT2D eigenvalue weighted by Crippen LogP contribution is 2.34. The molecule has 0 aromatic heterocycles. The van der Waals surface area contributed by atoms with E-state index in [1.165, 1.54) is 6.42 Å². The fourth-order valence-electron chi connectivity index (χ4n) is 2.50. The molecule has 0 heterocycles. The number of carbonyl (C=O) groups excluding carboxylic acids is 1. The van der Waals surface area contributed by atoms with Crippen LogP contribution in [0.5, 0.6) is 0 Å². The molecule has 1 aliphatic carbocycles. The van der Waals surface area contributed by atoms with E-state index >= 15 is 0 Å². The van der Waals surface area contributed by atoms with Gasteiger partial charge in [0.15, 0.2) is 0 Å². The standard InChI is InChI=1S/C13H24N2O3/c1-13(2)7-3-5-10(9-13)15-12(18)14-8-4-6-11(16)17/h10H,3-9H2,1-2H3,(H,16,17)(H2,14,15,18). The molecule has 1 fully saturated rings. The predicted octanol–water partition coefficient (Wildman–Crippen LogP) is 2.12. The van der Waals surface area contributed by atoms with Gasteiger partial charge in [0.05, 0.1) is 0 Å². The van der Waals surface area contributed by atoms with Crippen molar-refractivity contribution in [2.75, 3.05) is 6.54 Å². The molecular formula is C13H24N2O3. The van der Waals surface area contributed by atoms with Gasteiger partial charge in [-0.05, 0) is 31.1 Å². The zero-order valence-corrected chi connectivity index (χ0v) is 11.3. The topological polar surface area (TPSA) is 78.4 Å². The Labute approximate surface area is 108 Å². The molecule has 5 nitrogen and oxygen atoms in total. The molecule has 2 amide bonds. The summed E-state index contributed by atoms with van der Waals surface area (Å²) in [6, 6.07) is 0.0660. The van der Waals surface area contributed by atoms with Crippen molar-refractivity contribution >= 4 is 12.0 Å². The zero-order chi connectivity index (χ0) is 13.6. The van der Waals surface area contributed by atoms with Gasteiger partial charge in [0.25, 0.3) is 0 Å². The molecule has 0 aromatic rings. The zero-order valence-electron chi connectivity index (χ0n) is 11.3. The number of carboxylic acids is 1. The minimum Gasteiger partial charge on any atom is -0.481 e. The van der Waals surface area contributed by atoms with Gasteiger partial charge < -0.3 is 15.7 Å². The van der Waals surface area contributed by atoms with Crippen molar-refractivity contribution in [1.29, 1.82) is 0 Å². The number of carbonyl (C=O) groups is 2. The van der Waals surface area contributed by atoms with Gasteiger partial charge in [-0.2, -0.15) is 0 Å². The van der Waals surface area contributed by atoms with Crippen LogP contribution in [-0.4, -0.2) is 29.7 Å². The molecular weight excluding hydrogens is 232 g/mol. The maximum absolute atomic E-state index is 11.6. The largest absolute Gasteiger partial charge is 0.481 e. The van der Waals surface area contributed by atoms with Crippen molar-refractivity contribution in [2.24, 2.45) is 5.41 Å². The highest BCUT2D eigenvalue weighted by molar-refractivity contribution is 5.74. The van der Waals surface area contributed by atoms with Gasteiger partial charge >= 0.3 is 12.0 Å². The number of urea groups is 1. The molecule has 0 aliphatic heterocycles. The summed E-state index contributed by atoms with van der Waals surface area (Å²) in [7, 11) is 0. The SMILES string of the molecule is CC1(C)CCCC(NC(=O)NCCCC(=O)O)C1. The van der Waals surface area contributed by atoms with Crippen LogP contribution in [0.2, 0.25) is 0 Å². The number of aliphatic carboxylic acids is 1. The number of carboxylic acid groups (broad SMARTS) is 1. The molecule has 0 bridgehead atoms. The number of nitrogens with one attached hydrogen (secondary N) is 2. The van der Waals surface area contributed by atoms with E-state index in [0.717, 1.165) is 19.3 Å². The van der Waals surface area contributed by atoms with E-state index in [9.17, 15) is 9.59 Å². The van der Waals surface area contributed by atoms with Gasteiger partial charge in [-0.15, -0.1) is 0 Å². The molecule has 0 spiro atoms. The van der Waals surface area contributed by atoms with Crippen LogP contribution >= 0.6 is 0 Å². The third-order valence-electron chi connectivity index (χ3n) is 3.39. The third-order valence-corrected chi connectivity index (χ3v) is 3.39. The van der Waals surface area contributed by atoms with Crippen molar-refractivity contribution in [2.45, 2.75) is 58.4 Å². The van der Waals surface area contributed by atoms with Crippen LogP contribution < -0.4 is 10.6 Å². The lowest BCUT2D eigenvalue weighted by Crippen LogP contribution is -2.45. The Morgan fingerprint density at radius 1 is 1.39 bits per heavy atom. The monoisotopic (exact) mass is 256 g/mol. The quantitative estimate of drug-likeness (QED) is 0.659. The molecule has 1 rings (SSSR count). The predicted molar refractivity (Wildman–Crippen MR) is 69.4 cm³/mol. The van der Waals surface area contributed by atoms with Crippen molar-refractivity contribution in [3.63, 3.8) is 0 Å². The molecule has 5 heteroatoms. The van der Waals surface area contributed by atoms with Gasteiger partial charge in [-0.3, -0.25) is 4.79 Å². The van der Waals surface area contributed by atoms with E-state index < -0.39 is 5.97 Å². The summed E-state index contributed by atoms with van der Waals surface area (Å²) in [4.78, 5) is 21.9. The van der Waals surface area contributed by atoms with E-state index in [4.69, 9.17) is 5.11 Å². The van der Waals surface area contributed by atoms with Gasteiger partial charge in [0, 0.05) is 19.0 Å². The fourth-order valence-corrected chi connectivity index (χ4v) is 2.50. The van der Waals surface area contributed by atoms with Gasteiger partial charge in [-0.25, -0.2) is 4.79 Å². The lowest BCUT2D eigenvalue weighted by molar-refractivity contribution is -0.137.